The Morgan fingerprint density at radius 1 is 1.10 bits per heavy atom. The van der Waals surface area contributed by atoms with Crippen LogP contribution in [0.4, 0.5) is 10.5 Å². The maximum absolute atomic E-state index is 12.2. The topological polar surface area (TPSA) is 69.7 Å². The largest absolute Gasteiger partial charge is 0.326 e. The monoisotopic (exact) mass is 411 g/mol. The molecular formula is C22H25N3O3S. The Kier molecular flexibility index (Phi) is 6.59. The average Bonchev–Trinajstić information content (AvgIpc) is 2.91. The molecule has 0 aliphatic carbocycles. The molecule has 29 heavy (non-hydrogen) atoms. The molecule has 0 aromatic heterocycles. The number of hydrogen-bond acceptors (Lipinski definition) is 4. The van der Waals surface area contributed by atoms with Gasteiger partial charge >= 0.3 is 6.03 Å². The van der Waals surface area contributed by atoms with Gasteiger partial charge in [0.15, 0.2) is 0 Å². The van der Waals surface area contributed by atoms with E-state index in [1.807, 2.05) is 24.3 Å². The lowest BCUT2D eigenvalue weighted by Crippen LogP contribution is -2.32. The van der Waals surface area contributed by atoms with Crippen LogP contribution in [0.1, 0.15) is 24.0 Å². The Morgan fingerprint density at radius 3 is 2.45 bits per heavy atom. The number of amides is 4. The van der Waals surface area contributed by atoms with Crippen LogP contribution in [0.3, 0.4) is 0 Å². The maximum atomic E-state index is 12.2. The van der Waals surface area contributed by atoms with Gasteiger partial charge in [-0.3, -0.25) is 14.5 Å². The number of likely N-dealkylation sites (N-methyl/N-ethyl adjacent to an activating group) is 1. The quantitative estimate of drug-likeness (QED) is 0.698. The van der Waals surface area contributed by atoms with Crippen molar-refractivity contribution in [1.29, 1.82) is 0 Å². The third kappa shape index (κ3) is 5.38. The first-order valence-corrected chi connectivity index (χ1v) is 10.4. The molecule has 4 amide bonds. The molecule has 0 atom stereocenters. The summed E-state index contributed by atoms with van der Waals surface area (Å²) in [6, 6.07) is 13.8. The second-order valence-corrected chi connectivity index (χ2v) is 8.35. The Balaban J connectivity index is 1.47. The molecule has 0 bridgehead atoms. The highest BCUT2D eigenvalue weighted by atomic mass is 32.2. The van der Waals surface area contributed by atoms with E-state index < -0.39 is 0 Å². The predicted octanol–water partition coefficient (Wildman–Crippen LogP) is 4.07. The van der Waals surface area contributed by atoms with Crippen molar-refractivity contribution >= 4 is 35.3 Å². The average molecular weight is 412 g/mol. The zero-order valence-corrected chi connectivity index (χ0v) is 17.7. The highest BCUT2D eigenvalue weighted by Gasteiger charge is 2.32. The number of carbonyl (C=O) groups is 3. The van der Waals surface area contributed by atoms with Crippen LogP contribution < -0.4 is 5.32 Å². The number of rotatable bonds is 7. The van der Waals surface area contributed by atoms with Gasteiger partial charge in [-0.05, 0) is 56.2 Å². The first kappa shape index (κ1) is 20.9. The SMILES string of the molecule is Cc1ccc(Sc2ccc(NC(=O)CCCN3C(=O)CN(C)C3=O)cc2)c(C)c1. The maximum Gasteiger partial charge on any atom is 0.326 e. The van der Waals surface area contributed by atoms with Crippen molar-refractivity contribution in [3.05, 3.63) is 53.6 Å². The smallest absolute Gasteiger partial charge is 0.326 e. The van der Waals surface area contributed by atoms with Crippen molar-refractivity contribution in [2.75, 3.05) is 25.5 Å². The standard InChI is InChI=1S/C22H25N3O3S/c1-15-6-11-19(16(2)13-15)29-18-9-7-17(8-10-18)23-20(26)5-4-12-25-21(27)14-24(3)22(25)28/h6-11,13H,4-5,12,14H2,1-3H3,(H,23,26). The molecule has 1 heterocycles. The lowest BCUT2D eigenvalue weighted by Gasteiger charge is -2.13. The minimum atomic E-state index is -0.299. The van der Waals surface area contributed by atoms with Crippen LogP contribution in [0, 0.1) is 13.8 Å². The van der Waals surface area contributed by atoms with Crippen LogP contribution in [-0.2, 0) is 9.59 Å². The van der Waals surface area contributed by atoms with Crippen molar-refractivity contribution in [2.45, 2.75) is 36.5 Å². The predicted molar refractivity (Wildman–Crippen MR) is 114 cm³/mol. The van der Waals surface area contributed by atoms with Gasteiger partial charge in [0.1, 0.15) is 6.54 Å². The van der Waals surface area contributed by atoms with Crippen LogP contribution in [0.5, 0.6) is 0 Å². The second-order valence-electron chi connectivity index (χ2n) is 7.23. The summed E-state index contributed by atoms with van der Waals surface area (Å²) in [6.07, 6.45) is 0.692. The Bertz CT molecular complexity index is 927. The van der Waals surface area contributed by atoms with Gasteiger partial charge in [0, 0.05) is 35.5 Å². The molecule has 2 aromatic carbocycles. The van der Waals surface area contributed by atoms with Gasteiger partial charge in [-0.15, -0.1) is 0 Å². The molecule has 3 rings (SSSR count). The van der Waals surface area contributed by atoms with E-state index in [4.69, 9.17) is 0 Å². The van der Waals surface area contributed by atoms with E-state index in [0.29, 0.717) is 6.42 Å². The number of hydrogen-bond donors (Lipinski definition) is 1. The summed E-state index contributed by atoms with van der Waals surface area (Å²) in [5.74, 6) is -0.345. The zero-order chi connectivity index (χ0) is 21.0. The lowest BCUT2D eigenvalue weighted by atomic mass is 10.2. The highest BCUT2D eigenvalue weighted by molar-refractivity contribution is 7.99. The minimum Gasteiger partial charge on any atom is -0.326 e. The first-order chi connectivity index (χ1) is 13.8. The van der Waals surface area contributed by atoms with Crippen LogP contribution >= 0.6 is 11.8 Å². The number of imide groups is 1. The summed E-state index contributed by atoms with van der Waals surface area (Å²) < 4.78 is 0. The van der Waals surface area contributed by atoms with Crippen molar-refractivity contribution in [2.24, 2.45) is 0 Å². The van der Waals surface area contributed by atoms with Gasteiger partial charge in [-0.25, -0.2) is 4.79 Å². The Morgan fingerprint density at radius 2 is 1.83 bits per heavy atom. The normalized spacial score (nSPS) is 13.9. The zero-order valence-electron chi connectivity index (χ0n) is 16.9. The summed E-state index contributed by atoms with van der Waals surface area (Å²) in [5, 5.41) is 2.86. The molecule has 2 aromatic rings. The fourth-order valence-electron chi connectivity index (χ4n) is 3.16. The third-order valence-electron chi connectivity index (χ3n) is 4.71. The van der Waals surface area contributed by atoms with E-state index in [2.05, 4.69) is 37.4 Å². The van der Waals surface area contributed by atoms with Crippen molar-refractivity contribution in [3.63, 3.8) is 0 Å². The molecule has 0 spiro atoms. The van der Waals surface area contributed by atoms with Crippen molar-refractivity contribution in [3.8, 4) is 0 Å². The molecule has 0 saturated carbocycles. The van der Waals surface area contributed by atoms with E-state index in [1.54, 1.807) is 18.8 Å². The number of nitrogens with one attached hydrogen (secondary N) is 1. The van der Waals surface area contributed by atoms with E-state index >= 15 is 0 Å². The molecule has 1 saturated heterocycles. The summed E-state index contributed by atoms with van der Waals surface area (Å²) in [6.45, 7) is 4.56. The summed E-state index contributed by atoms with van der Waals surface area (Å²) in [7, 11) is 1.59. The summed E-state index contributed by atoms with van der Waals surface area (Å²) >= 11 is 1.69. The van der Waals surface area contributed by atoms with E-state index in [0.717, 1.165) is 10.6 Å². The van der Waals surface area contributed by atoms with Crippen LogP contribution in [-0.4, -0.2) is 47.8 Å². The van der Waals surface area contributed by atoms with E-state index in [-0.39, 0.29) is 37.4 Å². The molecule has 7 heteroatoms. The van der Waals surface area contributed by atoms with E-state index in [9.17, 15) is 14.4 Å². The van der Waals surface area contributed by atoms with Gasteiger partial charge < -0.3 is 10.2 Å². The molecule has 152 valence electrons. The number of nitrogens with zero attached hydrogens (tertiary/aromatic N) is 2. The number of aryl methyl sites for hydroxylation is 2. The van der Waals surface area contributed by atoms with Crippen molar-refractivity contribution < 1.29 is 14.4 Å². The van der Waals surface area contributed by atoms with Crippen LogP contribution in [0.2, 0.25) is 0 Å². The molecule has 1 N–H and O–H groups in total. The third-order valence-corrected chi connectivity index (χ3v) is 5.90. The van der Waals surface area contributed by atoms with Gasteiger partial charge in [-0.1, -0.05) is 29.5 Å². The molecule has 6 nitrogen and oxygen atoms in total. The highest BCUT2D eigenvalue weighted by Crippen LogP contribution is 2.31. The second kappa shape index (κ2) is 9.13. The lowest BCUT2D eigenvalue weighted by molar-refractivity contribution is -0.125. The number of urea groups is 1. The van der Waals surface area contributed by atoms with E-state index in [1.165, 1.54) is 25.8 Å². The molecular weight excluding hydrogens is 386 g/mol. The van der Waals surface area contributed by atoms with Crippen LogP contribution in [0.15, 0.2) is 52.3 Å². The molecule has 1 aliphatic heterocycles. The summed E-state index contributed by atoms with van der Waals surface area (Å²) in [5.41, 5.74) is 3.22. The number of benzene rings is 2. The Hall–Kier alpha value is -2.80. The van der Waals surface area contributed by atoms with Gasteiger partial charge in [0.25, 0.3) is 0 Å². The molecule has 0 unspecified atom stereocenters. The minimum absolute atomic E-state index is 0.109. The molecule has 0 radical (unpaired) electrons. The van der Waals surface area contributed by atoms with Gasteiger partial charge in [0.05, 0.1) is 0 Å². The molecule has 1 aliphatic rings. The van der Waals surface area contributed by atoms with Crippen molar-refractivity contribution in [1.82, 2.24) is 9.80 Å². The fraction of sp³-hybridized carbons (Fsp3) is 0.318. The fourth-order valence-corrected chi connectivity index (χ4v) is 4.04. The van der Waals surface area contributed by atoms with Gasteiger partial charge in [0.2, 0.25) is 11.8 Å². The summed E-state index contributed by atoms with van der Waals surface area (Å²) in [4.78, 5) is 40.6. The molecule has 1 fully saturated rings. The number of anilines is 1. The Labute approximate surface area is 175 Å². The van der Waals surface area contributed by atoms with Gasteiger partial charge in [-0.2, -0.15) is 0 Å². The number of carbonyl (C=O) groups excluding carboxylic acids is 3. The van der Waals surface area contributed by atoms with Crippen LogP contribution in [0.25, 0.3) is 0 Å². The first-order valence-electron chi connectivity index (χ1n) is 9.54.